The van der Waals surface area contributed by atoms with Crippen molar-refractivity contribution in [3.63, 3.8) is 0 Å². The predicted molar refractivity (Wildman–Crippen MR) is 62.6 cm³/mol. The number of ether oxygens (including phenoxy) is 1. The van der Waals surface area contributed by atoms with Gasteiger partial charge in [-0.3, -0.25) is 0 Å². The highest BCUT2D eigenvalue weighted by molar-refractivity contribution is 5.29. The van der Waals surface area contributed by atoms with Crippen molar-refractivity contribution >= 4 is 0 Å². The molecule has 0 saturated carbocycles. The lowest BCUT2D eigenvalue weighted by molar-refractivity contribution is -0.274. The van der Waals surface area contributed by atoms with Crippen LogP contribution >= 0.6 is 0 Å². The monoisotopic (exact) mass is 268 g/mol. The van der Waals surface area contributed by atoms with Gasteiger partial charge in [0.15, 0.2) is 0 Å². The zero-order chi connectivity index (χ0) is 13.7. The van der Waals surface area contributed by atoms with Gasteiger partial charge in [0, 0.05) is 18.8 Å². The summed E-state index contributed by atoms with van der Waals surface area (Å²) in [7, 11) is 0. The van der Waals surface area contributed by atoms with Crippen LogP contribution in [0.4, 0.5) is 13.2 Å². The van der Waals surface area contributed by atoms with Gasteiger partial charge in [-0.25, -0.2) is 9.97 Å². The van der Waals surface area contributed by atoms with Gasteiger partial charge in [-0.1, -0.05) is 12.1 Å². The zero-order valence-corrected chi connectivity index (χ0v) is 9.89. The highest BCUT2D eigenvalue weighted by Crippen LogP contribution is 2.23. The summed E-state index contributed by atoms with van der Waals surface area (Å²) in [5.74, 6) is 0.448. The van der Waals surface area contributed by atoms with Gasteiger partial charge < -0.3 is 4.74 Å². The molecule has 0 unspecified atom stereocenters. The number of hydrogen-bond donors (Lipinski definition) is 0. The van der Waals surface area contributed by atoms with Gasteiger partial charge in [0.2, 0.25) is 0 Å². The number of halogens is 3. The molecule has 0 aliphatic rings. The first kappa shape index (κ1) is 13.3. The Hall–Kier alpha value is -2.11. The molecule has 6 heteroatoms. The van der Waals surface area contributed by atoms with Gasteiger partial charge in [-0.2, -0.15) is 0 Å². The fraction of sp³-hybridized carbons (Fsp3) is 0.231. The van der Waals surface area contributed by atoms with Crippen LogP contribution in [-0.2, 0) is 12.8 Å². The Morgan fingerprint density at radius 3 is 2.42 bits per heavy atom. The smallest absolute Gasteiger partial charge is 0.406 e. The van der Waals surface area contributed by atoms with Gasteiger partial charge in [-0.05, 0) is 30.2 Å². The molecule has 0 bridgehead atoms. The second-order valence-electron chi connectivity index (χ2n) is 3.86. The van der Waals surface area contributed by atoms with Crippen molar-refractivity contribution in [2.75, 3.05) is 0 Å². The number of aromatic nitrogens is 2. The summed E-state index contributed by atoms with van der Waals surface area (Å²) in [6.45, 7) is 0. The topological polar surface area (TPSA) is 35.0 Å². The molecule has 0 radical (unpaired) electrons. The van der Waals surface area contributed by atoms with E-state index in [1.54, 1.807) is 24.5 Å². The van der Waals surface area contributed by atoms with E-state index in [-0.39, 0.29) is 5.75 Å². The molecule has 1 aromatic heterocycles. The first-order valence-electron chi connectivity index (χ1n) is 5.63. The van der Waals surface area contributed by atoms with E-state index >= 15 is 0 Å². The average molecular weight is 268 g/mol. The quantitative estimate of drug-likeness (QED) is 0.854. The summed E-state index contributed by atoms with van der Waals surface area (Å²) in [4.78, 5) is 8.11. The van der Waals surface area contributed by atoms with Gasteiger partial charge in [0.05, 0.1) is 0 Å². The fourth-order valence-electron chi connectivity index (χ4n) is 1.61. The highest BCUT2D eigenvalue weighted by Gasteiger charge is 2.31. The average Bonchev–Trinajstić information content (AvgIpc) is 2.36. The van der Waals surface area contributed by atoms with Crippen molar-refractivity contribution < 1.29 is 17.9 Å². The molecule has 0 atom stereocenters. The van der Waals surface area contributed by atoms with Crippen molar-refractivity contribution in [1.29, 1.82) is 0 Å². The largest absolute Gasteiger partial charge is 0.573 e. The van der Waals surface area contributed by atoms with Gasteiger partial charge in [-0.15, -0.1) is 13.2 Å². The molecular weight excluding hydrogens is 257 g/mol. The molecule has 0 aliphatic heterocycles. The number of alkyl halides is 3. The Labute approximate surface area is 108 Å². The molecule has 2 rings (SSSR count). The third-order valence-corrected chi connectivity index (χ3v) is 2.39. The zero-order valence-electron chi connectivity index (χ0n) is 9.89. The third kappa shape index (κ3) is 4.57. The van der Waals surface area contributed by atoms with Crippen molar-refractivity contribution in [3.05, 3.63) is 54.1 Å². The Bertz CT molecular complexity index is 529. The highest BCUT2D eigenvalue weighted by atomic mass is 19.4. The minimum Gasteiger partial charge on any atom is -0.406 e. The Morgan fingerprint density at radius 2 is 1.74 bits per heavy atom. The van der Waals surface area contributed by atoms with Gasteiger partial charge in [0.25, 0.3) is 0 Å². The second-order valence-corrected chi connectivity index (χ2v) is 3.86. The van der Waals surface area contributed by atoms with Crippen LogP contribution in [0.3, 0.4) is 0 Å². The summed E-state index contributed by atoms with van der Waals surface area (Å²) in [6.07, 6.45) is -0.284. The lowest BCUT2D eigenvalue weighted by Crippen LogP contribution is -2.17. The number of rotatable bonds is 4. The number of benzene rings is 1. The third-order valence-electron chi connectivity index (χ3n) is 2.39. The Morgan fingerprint density at radius 1 is 1.00 bits per heavy atom. The molecule has 0 fully saturated rings. The van der Waals surface area contributed by atoms with Crippen LogP contribution in [0.2, 0.25) is 0 Å². The first-order chi connectivity index (χ1) is 9.03. The predicted octanol–water partition coefficient (Wildman–Crippen LogP) is 3.16. The van der Waals surface area contributed by atoms with Gasteiger partial charge in [0.1, 0.15) is 11.6 Å². The maximum Gasteiger partial charge on any atom is 0.573 e. The fourth-order valence-corrected chi connectivity index (χ4v) is 1.61. The maximum absolute atomic E-state index is 12.1. The summed E-state index contributed by atoms with van der Waals surface area (Å²) in [5.41, 5.74) is 0.745. The minimum absolute atomic E-state index is 0.209. The molecule has 2 aromatic rings. The molecule has 19 heavy (non-hydrogen) atoms. The summed E-state index contributed by atoms with van der Waals surface area (Å²) in [6, 6.07) is 7.63. The summed E-state index contributed by atoms with van der Waals surface area (Å²) in [5, 5.41) is 0. The molecule has 100 valence electrons. The van der Waals surface area contributed by atoms with Crippen molar-refractivity contribution in [2.45, 2.75) is 19.2 Å². The summed E-state index contributed by atoms with van der Waals surface area (Å²) >= 11 is 0. The Balaban J connectivity index is 1.99. The lowest BCUT2D eigenvalue weighted by atomic mass is 10.1. The van der Waals surface area contributed by atoms with E-state index < -0.39 is 6.36 Å². The molecule has 3 nitrogen and oxygen atoms in total. The Kier molecular flexibility index (Phi) is 3.99. The van der Waals surface area contributed by atoms with E-state index in [0.717, 1.165) is 5.56 Å². The molecular formula is C13H11F3N2O. The van der Waals surface area contributed by atoms with Crippen LogP contribution in [0.5, 0.6) is 5.75 Å². The maximum atomic E-state index is 12.1. The molecule has 0 amide bonds. The first-order valence-corrected chi connectivity index (χ1v) is 5.63. The van der Waals surface area contributed by atoms with Crippen molar-refractivity contribution in [3.8, 4) is 5.75 Å². The molecule has 0 aliphatic carbocycles. The minimum atomic E-state index is -4.67. The summed E-state index contributed by atoms with van der Waals surface area (Å²) < 4.78 is 40.1. The number of nitrogens with zero attached hydrogens (tertiary/aromatic N) is 2. The standard InChI is InChI=1S/C13H11F3N2O/c14-13(15,16)19-11-4-1-3-10(9-11)5-6-12-17-7-2-8-18-12/h1-4,7-9H,5-6H2. The van der Waals surface area contributed by atoms with E-state index in [2.05, 4.69) is 14.7 Å². The van der Waals surface area contributed by atoms with E-state index in [4.69, 9.17) is 0 Å². The van der Waals surface area contributed by atoms with E-state index in [9.17, 15) is 13.2 Å². The normalized spacial score (nSPS) is 11.3. The van der Waals surface area contributed by atoms with Crippen molar-refractivity contribution in [1.82, 2.24) is 9.97 Å². The van der Waals surface area contributed by atoms with Crippen LogP contribution in [-0.4, -0.2) is 16.3 Å². The second kappa shape index (κ2) is 5.69. The number of aryl methyl sites for hydroxylation is 2. The van der Waals surface area contributed by atoms with E-state index in [1.807, 2.05) is 0 Å². The SMILES string of the molecule is FC(F)(F)Oc1cccc(CCc2ncccn2)c1. The molecule has 1 aromatic carbocycles. The molecule has 1 heterocycles. The van der Waals surface area contributed by atoms with Crippen LogP contribution in [0.15, 0.2) is 42.7 Å². The lowest BCUT2D eigenvalue weighted by Gasteiger charge is -2.09. The van der Waals surface area contributed by atoms with E-state index in [0.29, 0.717) is 18.7 Å². The van der Waals surface area contributed by atoms with Crippen LogP contribution < -0.4 is 4.74 Å². The number of hydrogen-bond acceptors (Lipinski definition) is 3. The molecule has 0 saturated heterocycles. The van der Waals surface area contributed by atoms with Crippen molar-refractivity contribution in [2.24, 2.45) is 0 Å². The van der Waals surface area contributed by atoms with Crippen LogP contribution in [0.25, 0.3) is 0 Å². The molecule has 0 spiro atoms. The van der Waals surface area contributed by atoms with Gasteiger partial charge >= 0.3 is 6.36 Å². The van der Waals surface area contributed by atoms with Crippen LogP contribution in [0, 0.1) is 0 Å². The van der Waals surface area contributed by atoms with E-state index in [1.165, 1.54) is 18.2 Å². The molecule has 0 N–H and O–H groups in total. The van der Waals surface area contributed by atoms with Crippen LogP contribution in [0.1, 0.15) is 11.4 Å².